The number of nitrogens with zero attached hydrogens (tertiary/aromatic N) is 3. The molecular weight excluding hydrogens is 471 g/mol. The molecule has 1 N–H and O–H groups in total. The van der Waals surface area contributed by atoms with Crippen LogP contribution in [-0.4, -0.2) is 32.2 Å². The van der Waals surface area contributed by atoms with Crippen molar-refractivity contribution in [2.24, 2.45) is 0 Å². The summed E-state index contributed by atoms with van der Waals surface area (Å²) in [5.41, 5.74) is 1.10. The second-order valence-electron chi connectivity index (χ2n) is 6.25. The van der Waals surface area contributed by atoms with E-state index >= 15 is 0 Å². The molecule has 3 rings (SSSR count). The molecule has 0 saturated carbocycles. The summed E-state index contributed by atoms with van der Waals surface area (Å²) in [6, 6.07) is 12.7. The number of hydrogen-bond acceptors (Lipinski definition) is 5. The molecular formula is C21H18BrFN4O2S. The molecule has 0 aliphatic carbocycles. The van der Waals surface area contributed by atoms with Crippen LogP contribution in [-0.2, 0) is 17.8 Å². The van der Waals surface area contributed by atoms with E-state index in [9.17, 15) is 14.0 Å². The minimum absolute atomic E-state index is 0.0144. The molecule has 0 atom stereocenters. The van der Waals surface area contributed by atoms with Gasteiger partial charge in [-0.25, -0.2) is 4.39 Å². The highest BCUT2D eigenvalue weighted by atomic mass is 79.9. The van der Waals surface area contributed by atoms with Crippen LogP contribution in [0.4, 0.5) is 10.1 Å². The number of thioether (sulfide) groups is 1. The fourth-order valence-corrected chi connectivity index (χ4v) is 3.73. The van der Waals surface area contributed by atoms with Gasteiger partial charge in [0.1, 0.15) is 11.6 Å². The molecule has 0 radical (unpaired) electrons. The van der Waals surface area contributed by atoms with Crippen LogP contribution in [0.1, 0.15) is 16.2 Å². The van der Waals surface area contributed by atoms with Crippen molar-refractivity contribution in [2.75, 3.05) is 11.1 Å². The summed E-state index contributed by atoms with van der Waals surface area (Å²) < 4.78 is 15.6. The predicted molar refractivity (Wildman–Crippen MR) is 118 cm³/mol. The van der Waals surface area contributed by atoms with E-state index in [0.717, 1.165) is 4.47 Å². The minimum Gasteiger partial charge on any atom is -0.326 e. The Labute approximate surface area is 185 Å². The van der Waals surface area contributed by atoms with Gasteiger partial charge in [-0.15, -0.1) is 16.8 Å². The van der Waals surface area contributed by atoms with E-state index < -0.39 is 0 Å². The maximum absolute atomic E-state index is 13.0. The number of ketones is 1. The highest BCUT2D eigenvalue weighted by molar-refractivity contribution is 9.10. The Balaban J connectivity index is 1.65. The second kappa shape index (κ2) is 10.3. The summed E-state index contributed by atoms with van der Waals surface area (Å²) in [5, 5.41) is 11.5. The summed E-state index contributed by atoms with van der Waals surface area (Å²) in [5.74, 6) is -0.0668. The number of Topliss-reactive ketones (excluding diaryl/α,β-unsaturated/α-hetero) is 1. The third kappa shape index (κ3) is 5.87. The van der Waals surface area contributed by atoms with Crippen molar-refractivity contribution in [1.29, 1.82) is 0 Å². The maximum Gasteiger partial charge on any atom is 0.232 e. The lowest BCUT2D eigenvalue weighted by Crippen LogP contribution is -2.18. The topological polar surface area (TPSA) is 76.9 Å². The van der Waals surface area contributed by atoms with Gasteiger partial charge in [0, 0.05) is 22.3 Å². The largest absolute Gasteiger partial charge is 0.326 e. The van der Waals surface area contributed by atoms with Crippen molar-refractivity contribution in [3.63, 3.8) is 0 Å². The number of benzene rings is 2. The van der Waals surface area contributed by atoms with Crippen LogP contribution in [0.15, 0.2) is 70.8 Å². The highest BCUT2D eigenvalue weighted by Gasteiger charge is 2.17. The monoisotopic (exact) mass is 488 g/mol. The lowest BCUT2D eigenvalue weighted by molar-refractivity contribution is -0.115. The number of aromatic nitrogens is 3. The Hall–Kier alpha value is -2.78. The number of nitrogens with one attached hydrogen (secondary N) is 1. The number of carbonyl (C=O) groups is 2. The normalized spacial score (nSPS) is 10.6. The average Bonchev–Trinajstić information content (AvgIpc) is 3.10. The van der Waals surface area contributed by atoms with Crippen LogP contribution in [0.3, 0.4) is 0 Å². The summed E-state index contributed by atoms with van der Waals surface area (Å²) in [6.45, 7) is 4.13. The Morgan fingerprint density at radius 1 is 1.13 bits per heavy atom. The van der Waals surface area contributed by atoms with Crippen molar-refractivity contribution in [3.8, 4) is 0 Å². The van der Waals surface area contributed by atoms with Gasteiger partial charge >= 0.3 is 0 Å². The van der Waals surface area contributed by atoms with E-state index in [4.69, 9.17) is 0 Å². The number of allylic oxidation sites excluding steroid dienone is 1. The summed E-state index contributed by atoms with van der Waals surface area (Å²) in [6.07, 6.45) is 1.66. The summed E-state index contributed by atoms with van der Waals surface area (Å²) in [7, 11) is 0. The molecule has 0 bridgehead atoms. The van der Waals surface area contributed by atoms with E-state index in [-0.39, 0.29) is 29.7 Å². The molecule has 1 amide bonds. The molecule has 6 nitrogen and oxygen atoms in total. The highest BCUT2D eigenvalue weighted by Crippen LogP contribution is 2.20. The molecule has 1 heterocycles. The molecule has 0 spiro atoms. The lowest BCUT2D eigenvalue weighted by atomic mass is 10.2. The second-order valence-corrected chi connectivity index (χ2v) is 8.11. The lowest BCUT2D eigenvalue weighted by Gasteiger charge is -2.08. The minimum atomic E-state index is -0.377. The van der Waals surface area contributed by atoms with E-state index in [1.54, 1.807) is 22.8 Å². The van der Waals surface area contributed by atoms with Gasteiger partial charge in [0.15, 0.2) is 10.9 Å². The molecule has 0 unspecified atom stereocenters. The van der Waals surface area contributed by atoms with Gasteiger partial charge < -0.3 is 9.88 Å². The summed E-state index contributed by atoms with van der Waals surface area (Å²) >= 11 is 4.60. The van der Waals surface area contributed by atoms with Gasteiger partial charge in [-0.05, 0) is 36.4 Å². The van der Waals surface area contributed by atoms with Crippen LogP contribution < -0.4 is 5.32 Å². The maximum atomic E-state index is 13.0. The molecule has 30 heavy (non-hydrogen) atoms. The first kappa shape index (κ1) is 21.9. The van der Waals surface area contributed by atoms with Crippen LogP contribution in [0.2, 0.25) is 0 Å². The van der Waals surface area contributed by atoms with Crippen molar-refractivity contribution in [1.82, 2.24) is 14.8 Å². The zero-order chi connectivity index (χ0) is 21.5. The Kier molecular flexibility index (Phi) is 7.53. The number of amides is 1. The Morgan fingerprint density at radius 2 is 1.83 bits per heavy atom. The number of rotatable bonds is 9. The average molecular weight is 489 g/mol. The Morgan fingerprint density at radius 3 is 2.50 bits per heavy atom. The molecule has 0 fully saturated rings. The van der Waals surface area contributed by atoms with Crippen molar-refractivity contribution < 1.29 is 14.0 Å². The van der Waals surface area contributed by atoms with Gasteiger partial charge in [0.05, 0.1) is 12.2 Å². The first-order valence-electron chi connectivity index (χ1n) is 8.96. The van der Waals surface area contributed by atoms with Crippen molar-refractivity contribution in [2.45, 2.75) is 18.1 Å². The predicted octanol–water partition coefficient (Wildman–Crippen LogP) is 4.52. The van der Waals surface area contributed by atoms with E-state index in [0.29, 0.717) is 28.8 Å². The van der Waals surface area contributed by atoms with E-state index in [1.165, 1.54) is 36.0 Å². The summed E-state index contributed by atoms with van der Waals surface area (Å²) in [4.78, 5) is 24.7. The molecule has 9 heteroatoms. The molecule has 0 aliphatic heterocycles. The van der Waals surface area contributed by atoms with Crippen LogP contribution in [0, 0.1) is 5.82 Å². The van der Waals surface area contributed by atoms with E-state index in [2.05, 4.69) is 38.0 Å². The zero-order valence-corrected chi connectivity index (χ0v) is 18.2. The molecule has 0 aliphatic rings. The van der Waals surface area contributed by atoms with Crippen LogP contribution in [0.5, 0.6) is 0 Å². The standard InChI is InChI=1S/C21H18BrFN4O2S/c1-2-11-27-19(12-20(29)24-17-9-7-16(23)8-10-17)25-26-21(27)30-13-18(28)14-3-5-15(22)6-4-14/h2-10H,1,11-13H2,(H,24,29). The van der Waals surface area contributed by atoms with E-state index in [1.807, 2.05) is 12.1 Å². The van der Waals surface area contributed by atoms with Crippen molar-refractivity contribution >= 4 is 45.1 Å². The van der Waals surface area contributed by atoms with Gasteiger partial charge in [-0.1, -0.05) is 45.9 Å². The third-order valence-electron chi connectivity index (χ3n) is 4.05. The SMILES string of the molecule is C=CCn1c(CC(=O)Nc2ccc(F)cc2)nnc1SCC(=O)c1ccc(Br)cc1. The van der Waals surface area contributed by atoms with Crippen LogP contribution >= 0.6 is 27.7 Å². The first-order valence-corrected chi connectivity index (χ1v) is 10.7. The molecule has 3 aromatic rings. The zero-order valence-electron chi connectivity index (χ0n) is 15.8. The fourth-order valence-electron chi connectivity index (χ4n) is 2.60. The number of hydrogen-bond donors (Lipinski definition) is 1. The number of anilines is 1. The van der Waals surface area contributed by atoms with Gasteiger partial charge in [0.2, 0.25) is 5.91 Å². The molecule has 1 aromatic heterocycles. The molecule has 0 saturated heterocycles. The van der Waals surface area contributed by atoms with Gasteiger partial charge in [-0.3, -0.25) is 9.59 Å². The fraction of sp³-hybridized carbons (Fsp3) is 0.143. The molecule has 2 aromatic carbocycles. The van der Waals surface area contributed by atoms with Gasteiger partial charge in [-0.2, -0.15) is 0 Å². The number of halogens is 2. The quantitative estimate of drug-likeness (QED) is 0.272. The Bertz CT molecular complexity index is 1050. The first-order chi connectivity index (χ1) is 14.5. The third-order valence-corrected chi connectivity index (χ3v) is 5.55. The number of carbonyl (C=O) groups excluding carboxylic acids is 2. The van der Waals surface area contributed by atoms with Gasteiger partial charge in [0.25, 0.3) is 0 Å². The van der Waals surface area contributed by atoms with Crippen molar-refractivity contribution in [3.05, 3.63) is 82.9 Å². The van der Waals surface area contributed by atoms with Crippen LogP contribution in [0.25, 0.3) is 0 Å². The smallest absolute Gasteiger partial charge is 0.232 e. The molecule has 154 valence electrons.